The summed E-state index contributed by atoms with van der Waals surface area (Å²) in [6.45, 7) is 0.457. The van der Waals surface area contributed by atoms with Crippen molar-refractivity contribution in [2.45, 2.75) is 6.61 Å². The van der Waals surface area contributed by atoms with Gasteiger partial charge < -0.3 is 14.6 Å². The Morgan fingerprint density at radius 2 is 1.79 bits per heavy atom. The second-order valence-corrected chi connectivity index (χ2v) is 5.94. The van der Waals surface area contributed by atoms with Gasteiger partial charge in [-0.05, 0) is 53.6 Å². The van der Waals surface area contributed by atoms with E-state index >= 15 is 0 Å². The van der Waals surface area contributed by atoms with Crippen molar-refractivity contribution in [2.75, 3.05) is 12.5 Å². The maximum Gasteiger partial charge on any atom is 0.335 e. The predicted molar refractivity (Wildman–Crippen MR) is 108 cm³/mol. The molecule has 3 aromatic rings. The number of ether oxygens (including phenoxy) is 2. The number of carboxylic acids is 1. The molecule has 0 aromatic heterocycles. The fourth-order valence-corrected chi connectivity index (χ4v) is 2.49. The Bertz CT molecular complexity index is 954. The van der Waals surface area contributed by atoms with Crippen LogP contribution in [0.1, 0.15) is 21.5 Å². The third-order valence-electron chi connectivity index (χ3n) is 3.96. The molecule has 0 fully saturated rings. The zero-order valence-corrected chi connectivity index (χ0v) is 15.3. The number of benzene rings is 3. The van der Waals surface area contributed by atoms with Crippen LogP contribution < -0.4 is 14.9 Å². The highest BCUT2D eigenvalue weighted by Crippen LogP contribution is 2.28. The lowest BCUT2D eigenvalue weighted by molar-refractivity contribution is 0.0697. The number of hydrazone groups is 1. The standard InChI is InChI=1S/C22H20N2O4/c1-27-21-13-17(7-12-20(21)28-15-16-5-3-2-4-6-16)14-23-24-19-10-8-18(9-11-19)22(25)26/h2-14,24H,15H2,1H3,(H,25,26)/b23-14-. The number of hydrogen-bond donors (Lipinski definition) is 2. The molecule has 6 nitrogen and oxygen atoms in total. The first-order valence-corrected chi connectivity index (χ1v) is 8.63. The third-order valence-corrected chi connectivity index (χ3v) is 3.96. The zero-order chi connectivity index (χ0) is 19.8. The molecule has 0 aliphatic heterocycles. The van der Waals surface area contributed by atoms with E-state index in [1.807, 2.05) is 48.5 Å². The van der Waals surface area contributed by atoms with E-state index in [4.69, 9.17) is 14.6 Å². The van der Waals surface area contributed by atoms with Crippen LogP contribution in [0.4, 0.5) is 5.69 Å². The van der Waals surface area contributed by atoms with Crippen molar-refractivity contribution in [3.05, 3.63) is 89.5 Å². The van der Waals surface area contributed by atoms with Gasteiger partial charge in [0.1, 0.15) is 6.61 Å². The quantitative estimate of drug-likeness (QED) is 0.449. The van der Waals surface area contributed by atoms with Crippen molar-refractivity contribution in [3.8, 4) is 11.5 Å². The van der Waals surface area contributed by atoms with E-state index in [0.717, 1.165) is 11.1 Å². The fourth-order valence-electron chi connectivity index (χ4n) is 2.49. The Hall–Kier alpha value is -3.80. The molecule has 2 N–H and O–H groups in total. The van der Waals surface area contributed by atoms with Gasteiger partial charge in [-0.25, -0.2) is 4.79 Å². The molecule has 0 spiro atoms. The first kappa shape index (κ1) is 19.0. The molecule has 3 aromatic carbocycles. The molecule has 0 saturated heterocycles. The van der Waals surface area contributed by atoms with Gasteiger partial charge in [-0.3, -0.25) is 5.43 Å². The number of aromatic carboxylic acids is 1. The van der Waals surface area contributed by atoms with Gasteiger partial charge in [0.15, 0.2) is 11.5 Å². The van der Waals surface area contributed by atoms with Gasteiger partial charge in [-0.15, -0.1) is 0 Å². The minimum Gasteiger partial charge on any atom is -0.493 e. The summed E-state index contributed by atoms with van der Waals surface area (Å²) in [6, 6.07) is 21.8. The summed E-state index contributed by atoms with van der Waals surface area (Å²) >= 11 is 0. The van der Waals surface area contributed by atoms with E-state index in [2.05, 4.69) is 10.5 Å². The van der Waals surface area contributed by atoms with Crippen LogP contribution in [0.2, 0.25) is 0 Å². The highest BCUT2D eigenvalue weighted by atomic mass is 16.5. The molecule has 0 amide bonds. The summed E-state index contributed by atoms with van der Waals surface area (Å²) in [5.41, 5.74) is 5.69. The minimum absolute atomic E-state index is 0.227. The lowest BCUT2D eigenvalue weighted by Crippen LogP contribution is -1.99. The average Bonchev–Trinajstić information content (AvgIpc) is 2.73. The molecule has 0 unspecified atom stereocenters. The van der Waals surface area contributed by atoms with Crippen molar-refractivity contribution < 1.29 is 19.4 Å². The first-order chi connectivity index (χ1) is 13.7. The molecular formula is C22H20N2O4. The van der Waals surface area contributed by atoms with E-state index in [1.165, 1.54) is 12.1 Å². The van der Waals surface area contributed by atoms with Crippen LogP contribution in [0.15, 0.2) is 77.9 Å². The summed E-state index contributed by atoms with van der Waals surface area (Å²) in [5, 5.41) is 13.1. The van der Waals surface area contributed by atoms with Gasteiger partial charge in [0, 0.05) is 0 Å². The molecule has 0 heterocycles. The Kier molecular flexibility index (Phi) is 6.25. The lowest BCUT2D eigenvalue weighted by atomic mass is 10.2. The van der Waals surface area contributed by atoms with Crippen LogP contribution in [0.3, 0.4) is 0 Å². The van der Waals surface area contributed by atoms with E-state index < -0.39 is 5.97 Å². The Morgan fingerprint density at radius 3 is 2.46 bits per heavy atom. The Balaban J connectivity index is 1.62. The van der Waals surface area contributed by atoms with E-state index in [9.17, 15) is 4.79 Å². The lowest BCUT2D eigenvalue weighted by Gasteiger charge is -2.11. The SMILES string of the molecule is COc1cc(/C=N\Nc2ccc(C(=O)O)cc2)ccc1OCc1ccccc1. The molecule has 6 heteroatoms. The molecule has 0 radical (unpaired) electrons. The highest BCUT2D eigenvalue weighted by molar-refractivity contribution is 5.88. The third kappa shape index (κ3) is 5.11. The Labute approximate surface area is 163 Å². The largest absolute Gasteiger partial charge is 0.493 e. The fraction of sp³-hybridized carbons (Fsp3) is 0.0909. The van der Waals surface area contributed by atoms with Gasteiger partial charge in [-0.1, -0.05) is 30.3 Å². The van der Waals surface area contributed by atoms with Gasteiger partial charge in [0.25, 0.3) is 0 Å². The summed E-state index contributed by atoms with van der Waals surface area (Å²) in [6.07, 6.45) is 1.65. The van der Waals surface area contributed by atoms with Gasteiger partial charge in [-0.2, -0.15) is 5.10 Å². The average molecular weight is 376 g/mol. The van der Waals surface area contributed by atoms with Crippen LogP contribution in [0.5, 0.6) is 11.5 Å². The van der Waals surface area contributed by atoms with Crippen LogP contribution in [-0.4, -0.2) is 24.4 Å². The molecule has 0 bridgehead atoms. The number of nitrogens with one attached hydrogen (secondary N) is 1. The van der Waals surface area contributed by atoms with Crippen molar-refractivity contribution in [3.63, 3.8) is 0 Å². The molecule has 28 heavy (non-hydrogen) atoms. The summed E-state index contributed by atoms with van der Waals surface area (Å²) in [7, 11) is 1.59. The number of methoxy groups -OCH3 is 1. The smallest absolute Gasteiger partial charge is 0.335 e. The maximum atomic E-state index is 10.9. The van der Waals surface area contributed by atoms with Crippen molar-refractivity contribution >= 4 is 17.9 Å². The number of hydrogen-bond acceptors (Lipinski definition) is 5. The number of anilines is 1. The molecular weight excluding hydrogens is 356 g/mol. The van der Waals surface area contributed by atoms with Gasteiger partial charge >= 0.3 is 5.97 Å². The zero-order valence-electron chi connectivity index (χ0n) is 15.3. The molecule has 0 aliphatic carbocycles. The van der Waals surface area contributed by atoms with E-state index in [0.29, 0.717) is 23.8 Å². The topological polar surface area (TPSA) is 80.2 Å². The summed E-state index contributed by atoms with van der Waals surface area (Å²) in [4.78, 5) is 10.9. The maximum absolute atomic E-state index is 10.9. The van der Waals surface area contributed by atoms with Crippen LogP contribution in [-0.2, 0) is 6.61 Å². The Morgan fingerprint density at radius 1 is 1.04 bits per heavy atom. The number of rotatable bonds is 8. The molecule has 0 aliphatic rings. The minimum atomic E-state index is -0.961. The molecule has 3 rings (SSSR count). The second kappa shape index (κ2) is 9.23. The number of carboxylic acid groups (broad SMARTS) is 1. The van der Waals surface area contributed by atoms with Crippen molar-refractivity contribution in [1.82, 2.24) is 0 Å². The highest BCUT2D eigenvalue weighted by Gasteiger charge is 2.06. The monoisotopic (exact) mass is 376 g/mol. The van der Waals surface area contributed by atoms with Crippen LogP contribution in [0, 0.1) is 0 Å². The normalized spacial score (nSPS) is 10.6. The van der Waals surface area contributed by atoms with Crippen LogP contribution >= 0.6 is 0 Å². The first-order valence-electron chi connectivity index (χ1n) is 8.63. The van der Waals surface area contributed by atoms with Crippen molar-refractivity contribution in [2.24, 2.45) is 5.10 Å². The number of nitrogens with zero attached hydrogens (tertiary/aromatic N) is 1. The van der Waals surface area contributed by atoms with Crippen LogP contribution in [0.25, 0.3) is 0 Å². The van der Waals surface area contributed by atoms with Crippen molar-refractivity contribution in [1.29, 1.82) is 0 Å². The van der Waals surface area contributed by atoms with Gasteiger partial charge in [0.05, 0.1) is 24.6 Å². The molecule has 0 atom stereocenters. The van der Waals surface area contributed by atoms with E-state index in [1.54, 1.807) is 25.5 Å². The van der Waals surface area contributed by atoms with Gasteiger partial charge in [0.2, 0.25) is 0 Å². The predicted octanol–water partition coefficient (Wildman–Crippen LogP) is 4.42. The van der Waals surface area contributed by atoms with E-state index in [-0.39, 0.29) is 5.56 Å². The molecule has 142 valence electrons. The number of carbonyl (C=O) groups is 1. The molecule has 0 saturated carbocycles. The summed E-state index contributed by atoms with van der Waals surface area (Å²) < 4.78 is 11.3. The summed E-state index contributed by atoms with van der Waals surface area (Å²) in [5.74, 6) is 0.308. The second-order valence-electron chi connectivity index (χ2n) is 5.94.